The fourth-order valence-electron chi connectivity index (χ4n) is 1.94. The molecule has 19 heavy (non-hydrogen) atoms. The van der Waals surface area contributed by atoms with Gasteiger partial charge in [-0.05, 0) is 43.8 Å². The second-order valence-electron chi connectivity index (χ2n) is 7.28. The maximum Gasteiger partial charge on any atom is 0.191 e. The minimum atomic E-state index is -1.57. The van der Waals surface area contributed by atoms with E-state index in [-0.39, 0.29) is 0 Å². The Morgan fingerprint density at radius 2 is 1.79 bits per heavy atom. The van der Waals surface area contributed by atoms with E-state index in [0.717, 1.165) is 32.3 Å². The predicted octanol–water partition coefficient (Wildman–Crippen LogP) is 5.18. The van der Waals surface area contributed by atoms with Crippen LogP contribution in [0.3, 0.4) is 0 Å². The van der Waals surface area contributed by atoms with Crippen molar-refractivity contribution >= 4 is 14.1 Å². The molecule has 0 rings (SSSR count). The Bertz CT molecular complexity index is 266. The van der Waals surface area contributed by atoms with E-state index in [4.69, 9.17) is 4.43 Å². The summed E-state index contributed by atoms with van der Waals surface area (Å²) in [5, 5.41) is 0.299. The van der Waals surface area contributed by atoms with Gasteiger partial charge in [0.15, 0.2) is 8.32 Å². The minimum Gasteiger partial charge on any atom is -0.417 e. The molecule has 0 saturated carbocycles. The van der Waals surface area contributed by atoms with Crippen LogP contribution < -0.4 is 0 Å². The highest BCUT2D eigenvalue weighted by Gasteiger charge is 2.36. The zero-order valence-electron chi connectivity index (χ0n) is 14.1. The number of carbonyl (C=O) groups excluding carboxylic acids is 1. The van der Waals surface area contributed by atoms with Crippen molar-refractivity contribution in [3.63, 3.8) is 0 Å². The van der Waals surface area contributed by atoms with Crippen molar-refractivity contribution in [1.82, 2.24) is 0 Å². The Labute approximate surface area is 121 Å². The molecule has 2 nitrogen and oxygen atoms in total. The molecule has 0 spiro atoms. The summed E-state index contributed by atoms with van der Waals surface area (Å²) in [6, 6.07) is 0. The van der Waals surface area contributed by atoms with E-state index in [1.54, 1.807) is 6.92 Å². The van der Waals surface area contributed by atoms with E-state index in [1.807, 2.05) is 0 Å². The molecule has 0 aliphatic rings. The van der Waals surface area contributed by atoms with Gasteiger partial charge >= 0.3 is 0 Å². The first-order chi connectivity index (χ1) is 8.60. The summed E-state index contributed by atoms with van der Waals surface area (Å²) >= 11 is 0. The second kappa shape index (κ2) is 8.20. The zero-order valence-corrected chi connectivity index (χ0v) is 15.1. The van der Waals surface area contributed by atoms with Crippen molar-refractivity contribution in [2.45, 2.75) is 84.9 Å². The number of ketones is 1. The van der Waals surface area contributed by atoms with Crippen LogP contribution in [0.15, 0.2) is 0 Å². The molecule has 0 aliphatic carbocycles. The lowest BCUT2D eigenvalue weighted by Gasteiger charge is -2.36. The van der Waals surface area contributed by atoms with Gasteiger partial charge < -0.3 is 9.22 Å². The Morgan fingerprint density at radius 1 is 1.21 bits per heavy atom. The minimum absolute atomic E-state index is 0.299. The molecule has 0 bridgehead atoms. The van der Waals surface area contributed by atoms with E-state index >= 15 is 0 Å². The molecule has 0 aromatic carbocycles. The number of carbonyl (C=O) groups is 1. The van der Waals surface area contributed by atoms with E-state index < -0.39 is 8.32 Å². The Balaban J connectivity index is 3.84. The van der Waals surface area contributed by atoms with Crippen molar-refractivity contribution < 1.29 is 9.22 Å². The first kappa shape index (κ1) is 18.8. The summed E-state index contributed by atoms with van der Waals surface area (Å²) in [5.41, 5.74) is 0. The first-order valence-electron chi connectivity index (χ1n) is 7.73. The summed E-state index contributed by atoms with van der Waals surface area (Å²) in [6.07, 6.45) is 5.33. The lowest BCUT2D eigenvalue weighted by Crippen LogP contribution is -2.40. The van der Waals surface area contributed by atoms with Gasteiger partial charge in [-0.25, -0.2) is 0 Å². The molecule has 1 atom stereocenters. The SMILES string of the molecule is CC[C@H](CCCCO[Si](C)(C)C(C)(C)C)CC(C)=O. The fourth-order valence-corrected chi connectivity index (χ4v) is 3.02. The fraction of sp³-hybridized carbons (Fsp3) is 0.938. The highest BCUT2D eigenvalue weighted by Crippen LogP contribution is 2.36. The quantitative estimate of drug-likeness (QED) is 0.431. The van der Waals surface area contributed by atoms with Crippen LogP contribution in [-0.2, 0) is 9.22 Å². The van der Waals surface area contributed by atoms with Crippen molar-refractivity contribution in [3.05, 3.63) is 0 Å². The van der Waals surface area contributed by atoms with Crippen LogP contribution >= 0.6 is 0 Å². The lowest BCUT2D eigenvalue weighted by atomic mass is 9.94. The third kappa shape index (κ3) is 7.88. The molecule has 0 aromatic rings. The van der Waals surface area contributed by atoms with Crippen molar-refractivity contribution in [2.24, 2.45) is 5.92 Å². The molecule has 0 unspecified atom stereocenters. The Morgan fingerprint density at radius 3 is 2.21 bits per heavy atom. The normalized spacial score (nSPS) is 14.5. The molecule has 0 aliphatic heterocycles. The van der Waals surface area contributed by atoms with Crippen LogP contribution in [0.5, 0.6) is 0 Å². The monoisotopic (exact) mass is 286 g/mol. The zero-order chi connectivity index (χ0) is 15.1. The maximum atomic E-state index is 11.1. The molecular formula is C16H34O2Si. The molecule has 0 heterocycles. The average Bonchev–Trinajstić information content (AvgIpc) is 2.24. The van der Waals surface area contributed by atoms with Crippen LogP contribution in [0.1, 0.15) is 66.7 Å². The lowest BCUT2D eigenvalue weighted by molar-refractivity contribution is -0.117. The molecule has 114 valence electrons. The Kier molecular flexibility index (Phi) is 8.14. The van der Waals surface area contributed by atoms with E-state index in [0.29, 0.717) is 16.7 Å². The molecule has 0 radical (unpaired) electrons. The number of hydrogen-bond acceptors (Lipinski definition) is 2. The van der Waals surface area contributed by atoms with Crippen molar-refractivity contribution in [1.29, 1.82) is 0 Å². The summed E-state index contributed by atoms with van der Waals surface area (Å²) in [4.78, 5) is 11.1. The van der Waals surface area contributed by atoms with Gasteiger partial charge in [-0.1, -0.05) is 40.5 Å². The van der Waals surface area contributed by atoms with Crippen LogP contribution in [-0.4, -0.2) is 20.7 Å². The number of hydrogen-bond donors (Lipinski definition) is 0. The molecule has 0 saturated heterocycles. The molecule has 3 heteroatoms. The molecule has 0 fully saturated rings. The number of Topliss-reactive ketones (excluding diaryl/α,β-unsaturated/α-hetero) is 1. The van der Waals surface area contributed by atoms with Gasteiger partial charge in [0.2, 0.25) is 0 Å². The van der Waals surface area contributed by atoms with E-state index in [9.17, 15) is 4.79 Å². The summed E-state index contributed by atoms with van der Waals surface area (Å²) in [7, 11) is -1.57. The maximum absolute atomic E-state index is 11.1. The van der Waals surface area contributed by atoms with Crippen molar-refractivity contribution in [3.8, 4) is 0 Å². The van der Waals surface area contributed by atoms with Gasteiger partial charge in [0.05, 0.1) is 0 Å². The summed E-state index contributed by atoms with van der Waals surface area (Å²) in [6.45, 7) is 16.2. The van der Waals surface area contributed by atoms with Gasteiger partial charge in [-0.3, -0.25) is 0 Å². The molecule has 0 amide bonds. The van der Waals surface area contributed by atoms with Crippen molar-refractivity contribution in [2.75, 3.05) is 6.61 Å². The number of unbranched alkanes of at least 4 members (excludes halogenated alkanes) is 1. The number of rotatable bonds is 9. The molecule has 0 aromatic heterocycles. The van der Waals surface area contributed by atoms with Crippen LogP contribution in [0.25, 0.3) is 0 Å². The summed E-state index contributed by atoms with van der Waals surface area (Å²) in [5.74, 6) is 0.898. The van der Waals surface area contributed by atoms with E-state index in [1.165, 1.54) is 6.42 Å². The predicted molar refractivity (Wildman–Crippen MR) is 86.1 cm³/mol. The van der Waals surface area contributed by atoms with E-state index in [2.05, 4.69) is 40.8 Å². The standard InChI is InChI=1S/C16H34O2Si/c1-8-15(13-14(2)17)11-9-10-12-18-19(6,7)16(3,4)5/h15H,8-13H2,1-7H3/t15-/m1/s1. The average molecular weight is 287 g/mol. The third-order valence-corrected chi connectivity index (χ3v) is 8.97. The first-order valence-corrected chi connectivity index (χ1v) is 10.6. The van der Waals surface area contributed by atoms with Crippen LogP contribution in [0, 0.1) is 5.92 Å². The molecule has 0 N–H and O–H groups in total. The highest BCUT2D eigenvalue weighted by atomic mass is 28.4. The second-order valence-corrected chi connectivity index (χ2v) is 12.1. The van der Waals surface area contributed by atoms with Crippen LogP contribution in [0.2, 0.25) is 18.1 Å². The highest BCUT2D eigenvalue weighted by molar-refractivity contribution is 6.74. The van der Waals surface area contributed by atoms with Crippen LogP contribution in [0.4, 0.5) is 0 Å². The van der Waals surface area contributed by atoms with Gasteiger partial charge in [-0.15, -0.1) is 0 Å². The summed E-state index contributed by atoms with van der Waals surface area (Å²) < 4.78 is 6.16. The Hall–Kier alpha value is -0.153. The smallest absolute Gasteiger partial charge is 0.191 e. The van der Waals surface area contributed by atoms with Gasteiger partial charge in [0, 0.05) is 13.0 Å². The largest absolute Gasteiger partial charge is 0.417 e. The molecular weight excluding hydrogens is 252 g/mol. The topological polar surface area (TPSA) is 26.3 Å². The van der Waals surface area contributed by atoms with Gasteiger partial charge in [-0.2, -0.15) is 0 Å². The third-order valence-electron chi connectivity index (χ3n) is 4.43. The van der Waals surface area contributed by atoms with Gasteiger partial charge in [0.25, 0.3) is 0 Å². The van der Waals surface area contributed by atoms with Gasteiger partial charge in [0.1, 0.15) is 5.78 Å².